The van der Waals surface area contributed by atoms with Gasteiger partial charge in [-0.3, -0.25) is 0 Å². The summed E-state index contributed by atoms with van der Waals surface area (Å²) in [6, 6.07) is 5.66. The Hall–Kier alpha value is -1.45. The van der Waals surface area contributed by atoms with E-state index in [1.807, 2.05) is 6.92 Å². The number of rotatable bonds is 4. The number of nitrogens with zero attached hydrogens (tertiary/aromatic N) is 1. The average molecular weight is 296 g/mol. The molecule has 0 aromatic heterocycles. The molecule has 1 aliphatic heterocycles. The van der Waals surface area contributed by atoms with E-state index in [2.05, 4.69) is 11.4 Å². The fourth-order valence-electron chi connectivity index (χ4n) is 2.50. The van der Waals surface area contributed by atoms with E-state index in [-0.39, 0.29) is 22.7 Å². The minimum atomic E-state index is -3.32. The molecule has 1 aliphatic rings. The van der Waals surface area contributed by atoms with Crippen LogP contribution in [0.25, 0.3) is 0 Å². The summed E-state index contributed by atoms with van der Waals surface area (Å²) in [5.41, 5.74) is 0.479. The Bertz CT molecular complexity index is 637. The Morgan fingerprint density at radius 3 is 2.95 bits per heavy atom. The van der Waals surface area contributed by atoms with E-state index < -0.39 is 15.7 Å². The van der Waals surface area contributed by atoms with Crippen LogP contribution in [-0.4, -0.2) is 20.2 Å². The van der Waals surface area contributed by atoms with Crippen molar-refractivity contribution in [3.05, 3.63) is 29.6 Å². The average Bonchev–Trinajstić information content (AvgIpc) is 2.41. The molecule has 6 heteroatoms. The summed E-state index contributed by atoms with van der Waals surface area (Å²) in [4.78, 5) is 0.203. The lowest BCUT2D eigenvalue weighted by Gasteiger charge is -2.29. The fraction of sp³-hybridized carbons (Fsp3) is 0.500. The monoisotopic (exact) mass is 296 g/mol. The summed E-state index contributed by atoms with van der Waals surface area (Å²) in [5, 5.41) is 12.0. The first kappa shape index (κ1) is 14.9. The van der Waals surface area contributed by atoms with Crippen LogP contribution in [0.4, 0.5) is 4.39 Å². The van der Waals surface area contributed by atoms with Gasteiger partial charge in [-0.05, 0) is 36.6 Å². The van der Waals surface area contributed by atoms with Crippen molar-refractivity contribution in [2.24, 2.45) is 0 Å². The van der Waals surface area contributed by atoms with Crippen LogP contribution in [0.3, 0.4) is 0 Å². The molecule has 0 radical (unpaired) electrons. The predicted molar refractivity (Wildman–Crippen MR) is 73.3 cm³/mol. The maximum Gasteiger partial charge on any atom is 0.178 e. The number of hydrogen-bond donors (Lipinski definition) is 1. The smallest absolute Gasteiger partial charge is 0.178 e. The van der Waals surface area contributed by atoms with Gasteiger partial charge < -0.3 is 5.32 Å². The second-order valence-corrected chi connectivity index (χ2v) is 7.05. The lowest BCUT2D eigenvalue weighted by Crippen LogP contribution is -2.36. The zero-order valence-electron chi connectivity index (χ0n) is 11.3. The molecule has 4 nitrogen and oxygen atoms in total. The van der Waals surface area contributed by atoms with E-state index >= 15 is 0 Å². The molecule has 2 rings (SSSR count). The van der Waals surface area contributed by atoms with Crippen molar-refractivity contribution in [2.75, 3.05) is 5.75 Å². The summed E-state index contributed by atoms with van der Waals surface area (Å²) in [6.07, 6.45) is 1.52. The second kappa shape index (κ2) is 5.90. The number of nitrogens with one attached hydrogen (secondary N) is 1. The zero-order valence-corrected chi connectivity index (χ0v) is 12.1. The maximum atomic E-state index is 13.4. The van der Waals surface area contributed by atoms with Crippen LogP contribution in [0.15, 0.2) is 23.1 Å². The van der Waals surface area contributed by atoms with Gasteiger partial charge >= 0.3 is 0 Å². The highest BCUT2D eigenvalue weighted by atomic mass is 32.2. The summed E-state index contributed by atoms with van der Waals surface area (Å²) in [5.74, 6) is -0.396. The number of nitriles is 1. The van der Waals surface area contributed by atoms with Crippen LogP contribution in [0, 0.1) is 17.1 Å². The second-order valence-electron chi connectivity index (χ2n) is 4.98. The van der Waals surface area contributed by atoms with Gasteiger partial charge in [-0.25, -0.2) is 12.8 Å². The third-order valence-electron chi connectivity index (χ3n) is 3.62. The predicted octanol–water partition coefficient (Wildman–Crippen LogP) is 2.33. The topological polar surface area (TPSA) is 70.0 Å². The van der Waals surface area contributed by atoms with Crippen molar-refractivity contribution in [3.8, 4) is 6.07 Å². The lowest BCUT2D eigenvalue weighted by molar-refractivity contribution is 0.408. The number of benzene rings is 1. The molecule has 2 atom stereocenters. The van der Waals surface area contributed by atoms with Crippen molar-refractivity contribution in [1.29, 1.82) is 5.26 Å². The first-order chi connectivity index (χ1) is 9.47. The van der Waals surface area contributed by atoms with Crippen LogP contribution < -0.4 is 5.32 Å². The first-order valence-corrected chi connectivity index (χ1v) is 8.28. The molecule has 0 aliphatic carbocycles. The van der Waals surface area contributed by atoms with Gasteiger partial charge in [0.2, 0.25) is 0 Å². The number of halogens is 1. The molecule has 0 spiro atoms. The minimum absolute atomic E-state index is 0.0121. The van der Waals surface area contributed by atoms with E-state index in [1.54, 1.807) is 0 Å². The van der Waals surface area contributed by atoms with Crippen molar-refractivity contribution in [3.63, 3.8) is 0 Å². The summed E-state index contributed by atoms with van der Waals surface area (Å²) < 4.78 is 37.4. The van der Waals surface area contributed by atoms with Gasteiger partial charge in [0, 0.05) is 12.1 Å². The highest BCUT2D eigenvalue weighted by Crippen LogP contribution is 2.33. The van der Waals surface area contributed by atoms with Gasteiger partial charge in [0.25, 0.3) is 0 Å². The Morgan fingerprint density at radius 1 is 1.55 bits per heavy atom. The Kier molecular flexibility index (Phi) is 4.41. The van der Waals surface area contributed by atoms with E-state index in [4.69, 9.17) is 5.26 Å². The molecule has 2 unspecified atom stereocenters. The summed E-state index contributed by atoms with van der Waals surface area (Å²) >= 11 is 0. The van der Waals surface area contributed by atoms with Gasteiger partial charge in [0.1, 0.15) is 5.82 Å². The highest BCUT2D eigenvalue weighted by Gasteiger charge is 2.31. The normalized spacial score (nSPS) is 21.8. The first-order valence-electron chi connectivity index (χ1n) is 6.63. The Morgan fingerprint density at radius 2 is 2.30 bits per heavy atom. The van der Waals surface area contributed by atoms with Gasteiger partial charge in [-0.15, -0.1) is 0 Å². The molecule has 108 valence electrons. The number of hydrogen-bond acceptors (Lipinski definition) is 4. The zero-order chi connectivity index (χ0) is 14.8. The molecule has 1 aromatic carbocycles. The van der Waals surface area contributed by atoms with Gasteiger partial charge in [0.15, 0.2) is 9.84 Å². The Labute approximate surface area is 118 Å². The molecule has 0 bridgehead atoms. The van der Waals surface area contributed by atoms with E-state index in [1.165, 1.54) is 18.2 Å². The van der Waals surface area contributed by atoms with Gasteiger partial charge in [-0.1, -0.05) is 6.92 Å². The van der Waals surface area contributed by atoms with E-state index in [0.717, 1.165) is 6.42 Å². The summed E-state index contributed by atoms with van der Waals surface area (Å²) in [7, 11) is -3.32. The molecule has 1 N–H and O–H groups in total. The lowest BCUT2D eigenvalue weighted by atomic mass is 10.0. The third-order valence-corrected chi connectivity index (χ3v) is 5.44. The minimum Gasteiger partial charge on any atom is -0.306 e. The van der Waals surface area contributed by atoms with Crippen LogP contribution in [0.1, 0.15) is 37.8 Å². The molecule has 0 saturated carbocycles. The molecule has 1 heterocycles. The quantitative estimate of drug-likeness (QED) is 0.866. The fourth-order valence-corrected chi connectivity index (χ4v) is 4.10. The van der Waals surface area contributed by atoms with Crippen LogP contribution >= 0.6 is 0 Å². The highest BCUT2D eigenvalue weighted by molar-refractivity contribution is 7.91. The van der Waals surface area contributed by atoms with Crippen molar-refractivity contribution in [1.82, 2.24) is 5.32 Å². The molecular weight excluding hydrogens is 279 g/mol. The van der Waals surface area contributed by atoms with Gasteiger partial charge in [-0.2, -0.15) is 5.26 Å². The molecule has 0 fully saturated rings. The molecule has 20 heavy (non-hydrogen) atoms. The van der Waals surface area contributed by atoms with Crippen LogP contribution in [0.5, 0.6) is 0 Å². The SMILES string of the molecule is CCC(CC#N)NC1CCS(=O)(=O)c2ccc(F)cc21. The maximum absolute atomic E-state index is 13.4. The third kappa shape index (κ3) is 3.00. The van der Waals surface area contributed by atoms with Crippen LogP contribution in [-0.2, 0) is 9.84 Å². The Balaban J connectivity index is 2.34. The van der Waals surface area contributed by atoms with E-state index in [9.17, 15) is 12.8 Å². The number of fused-ring (bicyclic) bond motifs is 1. The van der Waals surface area contributed by atoms with Crippen molar-refractivity contribution >= 4 is 9.84 Å². The molecular formula is C14H17FN2O2S. The molecule has 0 saturated heterocycles. The van der Waals surface area contributed by atoms with Crippen molar-refractivity contribution in [2.45, 2.75) is 43.2 Å². The standard InChI is InChI=1S/C14H17FN2O2S/c1-2-11(5-7-16)17-13-6-8-20(18,19)14-4-3-10(15)9-12(13)14/h3-4,9,11,13,17H,2,5-6,8H2,1H3. The van der Waals surface area contributed by atoms with Crippen molar-refractivity contribution < 1.29 is 12.8 Å². The summed E-state index contributed by atoms with van der Waals surface area (Å²) in [6.45, 7) is 1.96. The molecule has 0 amide bonds. The molecule has 1 aromatic rings. The number of sulfone groups is 1. The largest absolute Gasteiger partial charge is 0.306 e. The van der Waals surface area contributed by atoms with Gasteiger partial charge in [0.05, 0.1) is 23.1 Å². The van der Waals surface area contributed by atoms with Crippen LogP contribution in [0.2, 0.25) is 0 Å². The van der Waals surface area contributed by atoms with E-state index in [0.29, 0.717) is 18.4 Å².